The van der Waals surface area contributed by atoms with Gasteiger partial charge in [0, 0.05) is 29.9 Å². The van der Waals surface area contributed by atoms with Crippen LogP contribution < -0.4 is 5.32 Å². The number of nitrogens with zero attached hydrogens (tertiary/aromatic N) is 1. The molecule has 2 aromatic carbocycles. The third-order valence-electron chi connectivity index (χ3n) is 7.23. The summed E-state index contributed by atoms with van der Waals surface area (Å²) in [5.41, 5.74) is 8.29. The molecule has 3 nitrogen and oxygen atoms in total. The molecule has 0 aromatic heterocycles. The lowest BCUT2D eigenvalue weighted by Gasteiger charge is -2.40. The van der Waals surface area contributed by atoms with Crippen molar-refractivity contribution < 1.29 is 5.11 Å². The number of rotatable bonds is 6. The molecule has 2 aromatic rings. The predicted octanol–water partition coefficient (Wildman–Crippen LogP) is 5.62. The van der Waals surface area contributed by atoms with Crippen LogP contribution in [0, 0.1) is 5.41 Å². The van der Waals surface area contributed by atoms with Gasteiger partial charge in [-0.25, -0.2) is 0 Å². The molecule has 2 aliphatic rings. The first-order valence-corrected chi connectivity index (χ1v) is 11.8. The number of phenolic OH excluding ortho intramolecular Hbond substituents is 1. The fourth-order valence-corrected chi connectivity index (χ4v) is 5.26. The molecule has 0 radical (unpaired) electrons. The van der Waals surface area contributed by atoms with E-state index >= 15 is 0 Å². The Hall–Kier alpha value is -2.52. The minimum atomic E-state index is 0.178. The summed E-state index contributed by atoms with van der Waals surface area (Å²) < 4.78 is 0. The number of aromatic hydroxyl groups is 1. The lowest BCUT2D eigenvalue weighted by atomic mass is 9.67. The van der Waals surface area contributed by atoms with E-state index in [4.69, 9.17) is 0 Å². The minimum Gasteiger partial charge on any atom is -0.507 e. The average Bonchev–Trinajstić information content (AvgIpc) is 2.79. The van der Waals surface area contributed by atoms with Crippen molar-refractivity contribution in [1.82, 2.24) is 10.2 Å². The molecule has 1 heterocycles. The smallest absolute Gasteiger partial charge is 0.124 e. The maximum atomic E-state index is 11.1. The molecule has 3 heteroatoms. The number of aryl methyl sites for hydroxylation is 1. The highest BCUT2D eigenvalue weighted by molar-refractivity contribution is 5.87. The van der Waals surface area contributed by atoms with E-state index in [2.05, 4.69) is 74.0 Å². The maximum Gasteiger partial charge on any atom is 0.124 e. The zero-order valence-electron chi connectivity index (χ0n) is 19.3. The second kappa shape index (κ2) is 8.92. The molecular weight excluding hydrogens is 380 g/mol. The molecule has 0 unspecified atom stereocenters. The second-order valence-corrected chi connectivity index (χ2v) is 9.04. The highest BCUT2D eigenvalue weighted by atomic mass is 16.3. The van der Waals surface area contributed by atoms with Crippen molar-refractivity contribution in [3.63, 3.8) is 0 Å². The molecule has 0 amide bonds. The fourth-order valence-electron chi connectivity index (χ4n) is 5.26. The van der Waals surface area contributed by atoms with Crippen LogP contribution in [0.4, 0.5) is 0 Å². The topological polar surface area (TPSA) is 35.5 Å². The summed E-state index contributed by atoms with van der Waals surface area (Å²) in [5, 5.41) is 14.7. The molecule has 0 atom stereocenters. The molecule has 0 saturated carbocycles. The molecule has 1 saturated heterocycles. The number of hydrogen-bond acceptors (Lipinski definition) is 3. The van der Waals surface area contributed by atoms with Gasteiger partial charge < -0.3 is 15.3 Å². The van der Waals surface area contributed by atoms with Crippen molar-refractivity contribution in [2.24, 2.45) is 5.41 Å². The molecule has 164 valence electrons. The minimum absolute atomic E-state index is 0.178. The summed E-state index contributed by atoms with van der Waals surface area (Å²) in [6, 6.07) is 13.0. The Morgan fingerprint density at radius 3 is 2.42 bits per heavy atom. The highest BCUT2D eigenvalue weighted by Crippen LogP contribution is 2.46. The van der Waals surface area contributed by atoms with Crippen molar-refractivity contribution in [1.29, 1.82) is 0 Å². The van der Waals surface area contributed by atoms with Crippen molar-refractivity contribution in [2.75, 3.05) is 26.2 Å². The van der Waals surface area contributed by atoms with Crippen molar-refractivity contribution in [3.8, 4) is 5.75 Å². The molecule has 2 N–H and O–H groups in total. The molecular formula is C28H36N2O. The molecule has 1 aliphatic carbocycles. The summed E-state index contributed by atoms with van der Waals surface area (Å²) >= 11 is 0. The molecule has 31 heavy (non-hydrogen) atoms. The number of hydrogen-bond donors (Lipinski definition) is 2. The van der Waals surface area contributed by atoms with E-state index in [9.17, 15) is 5.11 Å². The van der Waals surface area contributed by atoms with Crippen LogP contribution in [0.2, 0.25) is 0 Å². The molecule has 0 bridgehead atoms. The number of nitrogens with one attached hydrogen (secondary N) is 1. The number of phenols is 1. The average molecular weight is 417 g/mol. The first-order valence-electron chi connectivity index (χ1n) is 11.8. The zero-order valence-corrected chi connectivity index (χ0v) is 19.3. The predicted molar refractivity (Wildman–Crippen MR) is 131 cm³/mol. The number of benzene rings is 2. The van der Waals surface area contributed by atoms with Crippen LogP contribution in [0.5, 0.6) is 5.75 Å². The largest absolute Gasteiger partial charge is 0.507 e. The van der Waals surface area contributed by atoms with E-state index in [0.717, 1.165) is 68.7 Å². The maximum absolute atomic E-state index is 11.1. The monoisotopic (exact) mass is 416 g/mol. The Morgan fingerprint density at radius 2 is 1.77 bits per heavy atom. The summed E-state index contributed by atoms with van der Waals surface area (Å²) in [5.74, 6) is 0.343. The van der Waals surface area contributed by atoms with Gasteiger partial charge in [0.05, 0.1) is 0 Å². The van der Waals surface area contributed by atoms with E-state index in [1.807, 2.05) is 6.07 Å². The number of allylic oxidation sites excluding steroid dienone is 1. The number of fused-ring (bicyclic) bond motifs is 1. The standard InChI is InChI=1S/C28H36N2O/c1-5-21-8-9-23-18-28(12-14-29-15-13-28)19-26(25(23)16-21)24-11-10-22(17-27(24)31)20(4)30(6-2)7-3/h8-11,16-17,19,29,31H,4-7,12-15,18H2,1-3H3. The Labute approximate surface area is 187 Å². The van der Waals surface area contributed by atoms with Crippen LogP contribution in [0.1, 0.15) is 61.4 Å². The van der Waals surface area contributed by atoms with Gasteiger partial charge in [-0.1, -0.05) is 43.8 Å². The van der Waals surface area contributed by atoms with Crippen LogP contribution in [0.25, 0.3) is 11.3 Å². The van der Waals surface area contributed by atoms with Crippen LogP contribution in [0.3, 0.4) is 0 Å². The Balaban J connectivity index is 1.80. The van der Waals surface area contributed by atoms with Crippen LogP contribution in [-0.4, -0.2) is 36.2 Å². The van der Waals surface area contributed by atoms with Gasteiger partial charge in [-0.3, -0.25) is 0 Å². The third kappa shape index (κ3) is 4.16. The van der Waals surface area contributed by atoms with Gasteiger partial charge in [0.2, 0.25) is 0 Å². The van der Waals surface area contributed by atoms with Crippen LogP contribution in [-0.2, 0) is 12.8 Å². The molecule has 1 fully saturated rings. The van der Waals surface area contributed by atoms with Gasteiger partial charge in [-0.05, 0) is 92.4 Å². The lowest BCUT2D eigenvalue weighted by Crippen LogP contribution is -2.38. The van der Waals surface area contributed by atoms with Gasteiger partial charge >= 0.3 is 0 Å². The number of piperidine rings is 1. The summed E-state index contributed by atoms with van der Waals surface area (Å²) in [7, 11) is 0. The first-order chi connectivity index (χ1) is 15.0. The quantitative estimate of drug-likeness (QED) is 0.641. The van der Waals surface area contributed by atoms with Crippen LogP contribution in [0.15, 0.2) is 49.1 Å². The van der Waals surface area contributed by atoms with E-state index in [0.29, 0.717) is 5.75 Å². The van der Waals surface area contributed by atoms with Gasteiger partial charge in [0.15, 0.2) is 0 Å². The first kappa shape index (κ1) is 21.7. The molecule has 1 spiro atoms. The van der Waals surface area contributed by atoms with Gasteiger partial charge in [0.1, 0.15) is 5.75 Å². The SMILES string of the molecule is C=C(c1ccc(C2=CC3(CCNCC3)Cc3ccc(CC)cc32)c(O)c1)N(CC)CC. The van der Waals surface area contributed by atoms with Gasteiger partial charge in [-0.2, -0.15) is 0 Å². The van der Waals surface area contributed by atoms with Gasteiger partial charge in [0.25, 0.3) is 0 Å². The van der Waals surface area contributed by atoms with Crippen molar-refractivity contribution in [3.05, 3.63) is 76.9 Å². The normalized spacial score (nSPS) is 17.2. The van der Waals surface area contributed by atoms with Crippen molar-refractivity contribution in [2.45, 2.75) is 46.5 Å². The fraction of sp³-hybridized carbons (Fsp3) is 0.429. The van der Waals surface area contributed by atoms with Crippen LogP contribution >= 0.6 is 0 Å². The Kier molecular flexibility index (Phi) is 6.24. The van der Waals surface area contributed by atoms with E-state index in [1.165, 1.54) is 22.3 Å². The Bertz CT molecular complexity index is 994. The van der Waals surface area contributed by atoms with E-state index in [-0.39, 0.29) is 5.41 Å². The Morgan fingerprint density at radius 1 is 1.03 bits per heavy atom. The molecule has 1 aliphatic heterocycles. The van der Waals surface area contributed by atoms with Crippen molar-refractivity contribution >= 4 is 11.3 Å². The second-order valence-electron chi connectivity index (χ2n) is 9.04. The van der Waals surface area contributed by atoms with E-state index < -0.39 is 0 Å². The molecule has 4 rings (SSSR count). The summed E-state index contributed by atoms with van der Waals surface area (Å²) in [4.78, 5) is 2.22. The third-order valence-corrected chi connectivity index (χ3v) is 7.23. The highest BCUT2D eigenvalue weighted by Gasteiger charge is 2.35. The van der Waals surface area contributed by atoms with E-state index in [1.54, 1.807) is 0 Å². The summed E-state index contributed by atoms with van der Waals surface area (Å²) in [6.07, 6.45) is 6.87. The van der Waals surface area contributed by atoms with Gasteiger partial charge in [-0.15, -0.1) is 0 Å². The summed E-state index contributed by atoms with van der Waals surface area (Å²) in [6.45, 7) is 14.7. The lowest BCUT2D eigenvalue weighted by molar-refractivity contribution is 0.268. The zero-order chi connectivity index (χ0) is 22.0.